The SMILES string of the molecule is NCCn1cc(C(=O)NCC(O)CN2CCCCCC2)nn1. The van der Waals surface area contributed by atoms with Crippen LogP contribution in [-0.2, 0) is 6.54 Å². The smallest absolute Gasteiger partial charge is 0.273 e. The summed E-state index contributed by atoms with van der Waals surface area (Å²) in [6.45, 7) is 3.84. The van der Waals surface area contributed by atoms with Crippen LogP contribution in [0.4, 0.5) is 0 Å². The van der Waals surface area contributed by atoms with Crippen LogP contribution in [0.3, 0.4) is 0 Å². The number of hydrogen-bond donors (Lipinski definition) is 3. The standard InChI is InChI=1S/C14H26N6O2/c15-5-8-20-11-13(17-18-20)14(22)16-9-12(21)10-19-6-3-1-2-4-7-19/h11-12,21H,1-10,15H2,(H,16,22). The number of β-amino-alcohol motifs (C(OH)–C–C–N with tert-alkyl or cyclic N) is 1. The third kappa shape index (κ3) is 5.36. The topological polar surface area (TPSA) is 109 Å². The summed E-state index contributed by atoms with van der Waals surface area (Å²) in [5, 5.41) is 20.4. The van der Waals surface area contributed by atoms with Gasteiger partial charge in [0.2, 0.25) is 0 Å². The van der Waals surface area contributed by atoms with Gasteiger partial charge in [-0.3, -0.25) is 9.48 Å². The summed E-state index contributed by atoms with van der Waals surface area (Å²) in [6, 6.07) is 0. The molecule has 0 saturated carbocycles. The predicted molar refractivity (Wildman–Crippen MR) is 82.3 cm³/mol. The van der Waals surface area contributed by atoms with Crippen molar-refractivity contribution in [2.24, 2.45) is 5.73 Å². The zero-order valence-corrected chi connectivity index (χ0v) is 12.9. The van der Waals surface area contributed by atoms with Gasteiger partial charge in [-0.15, -0.1) is 5.10 Å². The van der Waals surface area contributed by atoms with Crippen molar-refractivity contribution in [2.45, 2.75) is 38.3 Å². The van der Waals surface area contributed by atoms with Crippen LogP contribution in [0.25, 0.3) is 0 Å². The van der Waals surface area contributed by atoms with Gasteiger partial charge in [0.15, 0.2) is 5.69 Å². The molecule has 124 valence electrons. The summed E-state index contributed by atoms with van der Waals surface area (Å²) in [5.74, 6) is -0.321. The minimum absolute atomic E-state index is 0.221. The molecular formula is C14H26N6O2. The number of likely N-dealkylation sites (tertiary alicyclic amines) is 1. The Kier molecular flexibility index (Phi) is 6.75. The molecule has 1 amide bonds. The van der Waals surface area contributed by atoms with Gasteiger partial charge < -0.3 is 21.1 Å². The first kappa shape index (κ1) is 16.9. The summed E-state index contributed by atoms with van der Waals surface area (Å²) in [5.41, 5.74) is 5.66. The van der Waals surface area contributed by atoms with Gasteiger partial charge in [-0.05, 0) is 25.9 Å². The van der Waals surface area contributed by atoms with Gasteiger partial charge in [-0.25, -0.2) is 0 Å². The average molecular weight is 310 g/mol. The molecule has 0 radical (unpaired) electrons. The van der Waals surface area contributed by atoms with E-state index in [1.165, 1.54) is 30.4 Å². The molecule has 1 aliphatic rings. The van der Waals surface area contributed by atoms with Crippen LogP contribution in [0.1, 0.15) is 36.2 Å². The molecule has 22 heavy (non-hydrogen) atoms. The van der Waals surface area contributed by atoms with E-state index in [9.17, 15) is 9.90 Å². The van der Waals surface area contributed by atoms with Crippen LogP contribution in [0.15, 0.2) is 6.20 Å². The molecule has 8 heteroatoms. The number of nitrogens with one attached hydrogen (secondary N) is 1. The number of amides is 1. The van der Waals surface area contributed by atoms with Gasteiger partial charge >= 0.3 is 0 Å². The lowest BCUT2D eigenvalue weighted by Gasteiger charge is -2.23. The van der Waals surface area contributed by atoms with Gasteiger partial charge in [-0.1, -0.05) is 18.1 Å². The van der Waals surface area contributed by atoms with Crippen molar-refractivity contribution in [3.63, 3.8) is 0 Å². The molecule has 1 aromatic rings. The predicted octanol–water partition coefficient (Wildman–Crippen LogP) is -0.796. The zero-order chi connectivity index (χ0) is 15.8. The second kappa shape index (κ2) is 8.82. The number of hydrogen-bond acceptors (Lipinski definition) is 6. The minimum Gasteiger partial charge on any atom is -0.390 e. The zero-order valence-electron chi connectivity index (χ0n) is 12.9. The van der Waals surface area contributed by atoms with Gasteiger partial charge in [0.25, 0.3) is 5.91 Å². The van der Waals surface area contributed by atoms with Crippen molar-refractivity contribution in [1.29, 1.82) is 0 Å². The Morgan fingerprint density at radius 3 is 2.77 bits per heavy atom. The van der Waals surface area contributed by atoms with E-state index >= 15 is 0 Å². The van der Waals surface area contributed by atoms with Crippen molar-refractivity contribution < 1.29 is 9.90 Å². The van der Waals surface area contributed by atoms with Gasteiger partial charge in [0.05, 0.1) is 18.8 Å². The van der Waals surface area contributed by atoms with E-state index in [-0.39, 0.29) is 18.1 Å². The molecule has 1 aliphatic heterocycles. The highest BCUT2D eigenvalue weighted by Crippen LogP contribution is 2.09. The Bertz CT molecular complexity index is 456. The van der Waals surface area contributed by atoms with Crippen LogP contribution in [-0.4, -0.2) is 69.7 Å². The molecule has 2 heterocycles. The number of aliphatic hydroxyl groups excluding tert-OH is 1. The van der Waals surface area contributed by atoms with Crippen LogP contribution in [0.2, 0.25) is 0 Å². The third-order valence-electron chi connectivity index (χ3n) is 3.80. The summed E-state index contributed by atoms with van der Waals surface area (Å²) in [6.07, 6.45) is 5.89. The lowest BCUT2D eigenvalue weighted by molar-refractivity contribution is 0.0858. The van der Waals surface area contributed by atoms with Gasteiger partial charge in [-0.2, -0.15) is 0 Å². The summed E-state index contributed by atoms with van der Waals surface area (Å²) < 4.78 is 1.53. The highest BCUT2D eigenvalue weighted by Gasteiger charge is 2.16. The fraction of sp³-hybridized carbons (Fsp3) is 0.786. The van der Waals surface area contributed by atoms with Crippen molar-refractivity contribution in [1.82, 2.24) is 25.2 Å². The summed E-state index contributed by atoms with van der Waals surface area (Å²) in [4.78, 5) is 14.2. The van der Waals surface area contributed by atoms with Gasteiger partial charge in [0, 0.05) is 19.6 Å². The van der Waals surface area contributed by atoms with Crippen molar-refractivity contribution >= 4 is 5.91 Å². The fourth-order valence-electron chi connectivity index (χ4n) is 2.63. The Hall–Kier alpha value is -1.51. The Labute approximate surface area is 130 Å². The number of carbonyl (C=O) groups is 1. The fourth-order valence-corrected chi connectivity index (χ4v) is 2.63. The number of carbonyl (C=O) groups excluding carboxylic acids is 1. The lowest BCUT2D eigenvalue weighted by Crippen LogP contribution is -2.40. The van der Waals surface area contributed by atoms with E-state index in [0.29, 0.717) is 19.6 Å². The molecule has 0 bridgehead atoms. The van der Waals surface area contributed by atoms with Crippen LogP contribution >= 0.6 is 0 Å². The van der Waals surface area contributed by atoms with Crippen LogP contribution < -0.4 is 11.1 Å². The van der Waals surface area contributed by atoms with E-state index in [1.54, 1.807) is 6.20 Å². The molecule has 0 spiro atoms. The van der Waals surface area contributed by atoms with E-state index in [4.69, 9.17) is 5.73 Å². The highest BCUT2D eigenvalue weighted by molar-refractivity contribution is 5.91. The molecule has 1 atom stereocenters. The maximum absolute atomic E-state index is 11.9. The van der Waals surface area contributed by atoms with Crippen LogP contribution in [0.5, 0.6) is 0 Å². The average Bonchev–Trinajstić information content (AvgIpc) is 2.82. The largest absolute Gasteiger partial charge is 0.390 e. The lowest BCUT2D eigenvalue weighted by atomic mass is 10.2. The molecule has 4 N–H and O–H groups in total. The second-order valence-corrected chi connectivity index (χ2v) is 5.73. The monoisotopic (exact) mass is 310 g/mol. The Morgan fingerprint density at radius 1 is 1.36 bits per heavy atom. The highest BCUT2D eigenvalue weighted by atomic mass is 16.3. The van der Waals surface area contributed by atoms with Crippen LogP contribution in [0, 0.1) is 0 Å². The maximum atomic E-state index is 11.9. The van der Waals surface area contributed by atoms with Crippen molar-refractivity contribution in [3.05, 3.63) is 11.9 Å². The number of nitrogens with zero attached hydrogens (tertiary/aromatic N) is 4. The molecule has 2 rings (SSSR count). The minimum atomic E-state index is -0.568. The Balaban J connectivity index is 1.72. The number of aliphatic hydroxyl groups is 1. The van der Waals surface area contributed by atoms with Crippen molar-refractivity contribution in [2.75, 3.05) is 32.7 Å². The second-order valence-electron chi connectivity index (χ2n) is 5.73. The molecule has 0 aliphatic carbocycles. The quantitative estimate of drug-likeness (QED) is 0.608. The number of rotatable bonds is 7. The maximum Gasteiger partial charge on any atom is 0.273 e. The molecule has 1 fully saturated rings. The molecule has 1 saturated heterocycles. The van der Waals surface area contributed by atoms with Gasteiger partial charge in [0.1, 0.15) is 0 Å². The first-order chi connectivity index (χ1) is 10.7. The van der Waals surface area contributed by atoms with Crippen molar-refractivity contribution in [3.8, 4) is 0 Å². The van der Waals surface area contributed by atoms with E-state index in [1.807, 2.05) is 0 Å². The van der Waals surface area contributed by atoms with E-state index in [2.05, 4.69) is 20.5 Å². The first-order valence-electron chi connectivity index (χ1n) is 7.98. The Morgan fingerprint density at radius 2 is 2.09 bits per heavy atom. The molecule has 0 aromatic carbocycles. The number of nitrogens with two attached hydrogens (primary N) is 1. The molecular weight excluding hydrogens is 284 g/mol. The number of aromatic nitrogens is 3. The third-order valence-corrected chi connectivity index (χ3v) is 3.80. The normalized spacial score (nSPS) is 17.9. The molecule has 1 unspecified atom stereocenters. The molecule has 8 nitrogen and oxygen atoms in total. The first-order valence-corrected chi connectivity index (χ1v) is 7.98. The molecule has 1 aromatic heterocycles. The van der Waals surface area contributed by atoms with E-state index in [0.717, 1.165) is 13.1 Å². The van der Waals surface area contributed by atoms with E-state index < -0.39 is 6.10 Å². The summed E-state index contributed by atoms with van der Waals surface area (Å²) >= 11 is 0. The summed E-state index contributed by atoms with van der Waals surface area (Å²) in [7, 11) is 0.